The van der Waals surface area contributed by atoms with Gasteiger partial charge in [-0.05, 0) is 6.42 Å². The molecule has 0 aliphatic heterocycles. The van der Waals surface area contributed by atoms with Crippen molar-refractivity contribution in [2.75, 3.05) is 18.9 Å². The Morgan fingerprint density at radius 1 is 0.923 bits per heavy atom. The van der Waals surface area contributed by atoms with Crippen molar-refractivity contribution in [2.45, 2.75) is 31.0 Å². The van der Waals surface area contributed by atoms with Crippen molar-refractivity contribution in [1.82, 2.24) is 16.0 Å². The third-order valence-corrected chi connectivity index (χ3v) is 3.41. The Kier molecular flexibility index (Phi) is 10.9. The molecule has 12 nitrogen and oxygen atoms in total. The topological polar surface area (TPSA) is 208 Å². The van der Waals surface area contributed by atoms with E-state index in [-0.39, 0.29) is 12.2 Å². The molecule has 3 atom stereocenters. The Morgan fingerprint density at radius 3 is 1.96 bits per heavy atom. The van der Waals surface area contributed by atoms with Gasteiger partial charge in [-0.3, -0.25) is 24.0 Å². The Balaban J connectivity index is 5.00. The Hall–Kier alpha value is -2.38. The summed E-state index contributed by atoms with van der Waals surface area (Å²) in [5, 5.41) is 32.6. The zero-order valence-corrected chi connectivity index (χ0v) is 14.6. The zero-order valence-electron chi connectivity index (χ0n) is 13.7. The quantitative estimate of drug-likeness (QED) is 0.153. The largest absolute Gasteiger partial charge is 0.481 e. The van der Waals surface area contributed by atoms with Crippen molar-refractivity contribution >= 4 is 42.3 Å². The Morgan fingerprint density at radius 2 is 1.50 bits per heavy atom. The number of aliphatic hydroxyl groups is 1. The van der Waals surface area contributed by atoms with Gasteiger partial charge >= 0.3 is 11.9 Å². The van der Waals surface area contributed by atoms with Gasteiger partial charge in [-0.15, -0.1) is 0 Å². The van der Waals surface area contributed by atoms with Crippen molar-refractivity contribution < 1.29 is 39.3 Å². The molecule has 0 spiro atoms. The van der Waals surface area contributed by atoms with Gasteiger partial charge in [-0.2, -0.15) is 12.6 Å². The highest BCUT2D eigenvalue weighted by atomic mass is 32.1. The van der Waals surface area contributed by atoms with Crippen molar-refractivity contribution in [3.05, 3.63) is 0 Å². The fraction of sp³-hybridized carbons (Fsp3) is 0.615. The SMILES string of the molecule is N[C@@H](CO)C(=O)N[C@@H](CCC(=O)O)C(=O)N[C@@H](CS)C(=O)NCC(=O)O. The van der Waals surface area contributed by atoms with Gasteiger partial charge < -0.3 is 37.0 Å². The van der Waals surface area contributed by atoms with Crippen LogP contribution in [-0.4, -0.2) is 82.0 Å². The first-order valence-corrected chi connectivity index (χ1v) is 8.04. The van der Waals surface area contributed by atoms with Crippen LogP contribution >= 0.6 is 12.6 Å². The van der Waals surface area contributed by atoms with Gasteiger partial charge in [0.15, 0.2) is 0 Å². The summed E-state index contributed by atoms with van der Waals surface area (Å²) in [6, 6.07) is -3.85. The summed E-state index contributed by atoms with van der Waals surface area (Å²) in [5.41, 5.74) is 5.32. The van der Waals surface area contributed by atoms with E-state index in [1.807, 2.05) is 0 Å². The first-order chi connectivity index (χ1) is 12.1. The first kappa shape index (κ1) is 23.6. The van der Waals surface area contributed by atoms with Gasteiger partial charge in [0.25, 0.3) is 0 Å². The van der Waals surface area contributed by atoms with Crippen LogP contribution in [0, 0.1) is 0 Å². The molecular formula is C13H22N4O8S. The molecule has 0 radical (unpaired) electrons. The van der Waals surface area contributed by atoms with Crippen LogP contribution in [-0.2, 0) is 24.0 Å². The fourth-order valence-electron chi connectivity index (χ4n) is 1.65. The van der Waals surface area contributed by atoms with E-state index in [9.17, 15) is 24.0 Å². The second-order valence-corrected chi connectivity index (χ2v) is 5.50. The molecule has 0 aromatic heterocycles. The van der Waals surface area contributed by atoms with Gasteiger partial charge in [0, 0.05) is 12.2 Å². The van der Waals surface area contributed by atoms with E-state index in [4.69, 9.17) is 21.1 Å². The summed E-state index contributed by atoms with van der Waals surface area (Å²) in [6.45, 7) is -1.35. The van der Waals surface area contributed by atoms with E-state index in [0.717, 1.165) is 0 Å². The van der Waals surface area contributed by atoms with Crippen LogP contribution in [0.3, 0.4) is 0 Å². The summed E-state index contributed by atoms with van der Waals surface area (Å²) >= 11 is 3.89. The molecule has 0 bridgehead atoms. The fourth-order valence-corrected chi connectivity index (χ4v) is 1.91. The van der Waals surface area contributed by atoms with E-state index in [2.05, 4.69) is 28.6 Å². The average Bonchev–Trinajstić information content (AvgIpc) is 2.59. The lowest BCUT2D eigenvalue weighted by molar-refractivity contribution is -0.138. The van der Waals surface area contributed by atoms with Crippen LogP contribution in [0.5, 0.6) is 0 Å². The number of hydrogen-bond donors (Lipinski definition) is 8. The molecule has 0 aromatic carbocycles. The molecule has 0 unspecified atom stereocenters. The molecule has 0 fully saturated rings. The minimum Gasteiger partial charge on any atom is -0.481 e. The third kappa shape index (κ3) is 9.19. The van der Waals surface area contributed by atoms with E-state index in [1.54, 1.807) is 0 Å². The molecule has 26 heavy (non-hydrogen) atoms. The summed E-state index contributed by atoms with van der Waals surface area (Å²) in [7, 11) is 0. The number of rotatable bonds is 12. The predicted molar refractivity (Wildman–Crippen MR) is 90.3 cm³/mol. The highest BCUT2D eigenvalue weighted by molar-refractivity contribution is 7.80. The van der Waals surface area contributed by atoms with E-state index < -0.39 is 67.4 Å². The summed E-state index contributed by atoms with van der Waals surface area (Å²) in [5.74, 6) is -5.25. The summed E-state index contributed by atoms with van der Waals surface area (Å²) < 4.78 is 0. The number of hydrogen-bond acceptors (Lipinski definition) is 8. The van der Waals surface area contributed by atoms with Crippen molar-refractivity contribution in [3.8, 4) is 0 Å². The summed E-state index contributed by atoms with van der Waals surface area (Å²) in [6.07, 6.45) is -0.745. The van der Waals surface area contributed by atoms with Crippen molar-refractivity contribution in [1.29, 1.82) is 0 Å². The van der Waals surface area contributed by atoms with Gasteiger partial charge in [0.2, 0.25) is 17.7 Å². The maximum absolute atomic E-state index is 12.3. The minimum absolute atomic E-state index is 0.174. The molecule has 0 aliphatic rings. The van der Waals surface area contributed by atoms with Crippen LogP contribution in [0.15, 0.2) is 0 Å². The average molecular weight is 394 g/mol. The number of aliphatic carboxylic acids is 2. The number of aliphatic hydroxyl groups excluding tert-OH is 1. The van der Waals surface area contributed by atoms with Gasteiger partial charge in [0.1, 0.15) is 24.7 Å². The van der Waals surface area contributed by atoms with Crippen LogP contribution in [0.2, 0.25) is 0 Å². The zero-order chi connectivity index (χ0) is 20.3. The van der Waals surface area contributed by atoms with Crippen LogP contribution in [0.25, 0.3) is 0 Å². The van der Waals surface area contributed by atoms with Crippen molar-refractivity contribution in [3.63, 3.8) is 0 Å². The number of carbonyl (C=O) groups excluding carboxylic acids is 3. The lowest BCUT2D eigenvalue weighted by Crippen LogP contribution is -2.57. The molecule has 0 heterocycles. The molecular weight excluding hydrogens is 372 g/mol. The highest BCUT2D eigenvalue weighted by Gasteiger charge is 2.28. The Bertz CT molecular complexity index is 544. The molecule has 148 valence electrons. The molecule has 0 aliphatic carbocycles. The molecule has 0 saturated carbocycles. The number of nitrogens with one attached hydrogen (secondary N) is 3. The highest BCUT2D eigenvalue weighted by Crippen LogP contribution is 2.01. The second-order valence-electron chi connectivity index (χ2n) is 5.14. The van der Waals surface area contributed by atoms with Crippen LogP contribution in [0.1, 0.15) is 12.8 Å². The Labute approximate surface area is 153 Å². The number of carbonyl (C=O) groups is 5. The molecule has 13 heteroatoms. The molecule has 0 rings (SSSR count). The van der Waals surface area contributed by atoms with E-state index in [1.165, 1.54) is 0 Å². The smallest absolute Gasteiger partial charge is 0.322 e. The number of nitrogens with two attached hydrogens (primary N) is 1. The van der Waals surface area contributed by atoms with Crippen LogP contribution in [0.4, 0.5) is 0 Å². The monoisotopic (exact) mass is 394 g/mol. The number of carboxylic acid groups (broad SMARTS) is 2. The van der Waals surface area contributed by atoms with Gasteiger partial charge in [0.05, 0.1) is 6.61 Å². The van der Waals surface area contributed by atoms with Gasteiger partial charge in [-0.25, -0.2) is 0 Å². The number of carboxylic acids is 2. The normalized spacial score (nSPS) is 13.8. The lowest BCUT2D eigenvalue weighted by Gasteiger charge is -2.22. The van der Waals surface area contributed by atoms with E-state index in [0.29, 0.717) is 0 Å². The molecule has 8 N–H and O–H groups in total. The number of amides is 3. The maximum Gasteiger partial charge on any atom is 0.322 e. The lowest BCUT2D eigenvalue weighted by atomic mass is 10.1. The van der Waals surface area contributed by atoms with Crippen LogP contribution < -0.4 is 21.7 Å². The number of thiol groups is 1. The first-order valence-electron chi connectivity index (χ1n) is 7.41. The maximum atomic E-state index is 12.3. The van der Waals surface area contributed by atoms with Crippen molar-refractivity contribution in [2.24, 2.45) is 5.73 Å². The van der Waals surface area contributed by atoms with E-state index >= 15 is 0 Å². The molecule has 0 saturated heterocycles. The molecule has 3 amide bonds. The third-order valence-electron chi connectivity index (χ3n) is 3.04. The summed E-state index contributed by atoms with van der Waals surface area (Å²) in [4.78, 5) is 56.9. The molecule has 0 aromatic rings. The predicted octanol–water partition coefficient (Wildman–Crippen LogP) is -3.73. The standard InChI is InChI=1S/C13H22N4O8S/c14-6(4-18)11(23)16-7(1-2-9(19)20)13(25)17-8(5-26)12(24)15-3-10(21)22/h6-8,18,26H,1-5,14H2,(H,15,24)(H,16,23)(H,17,25)(H,19,20)(H,21,22)/t6-,7-,8-/m0/s1. The second kappa shape index (κ2) is 12.1. The van der Waals surface area contributed by atoms with Gasteiger partial charge in [-0.1, -0.05) is 0 Å². The minimum atomic E-state index is -1.33.